The molecule has 6 nitrogen and oxygen atoms in total. The van der Waals surface area contributed by atoms with E-state index in [4.69, 9.17) is 25.8 Å². The minimum Gasteiger partial charge on any atom is -0.497 e. The number of halogens is 2. The van der Waals surface area contributed by atoms with Crippen LogP contribution < -0.4 is 14.8 Å². The van der Waals surface area contributed by atoms with Crippen molar-refractivity contribution in [3.8, 4) is 11.5 Å². The molecule has 0 spiro atoms. The molecule has 0 saturated heterocycles. The third-order valence-corrected chi connectivity index (χ3v) is 4.20. The Labute approximate surface area is 161 Å². The largest absolute Gasteiger partial charge is 0.497 e. The van der Waals surface area contributed by atoms with Crippen LogP contribution in [0.15, 0.2) is 30.3 Å². The molecule has 0 radical (unpaired) electrons. The molecule has 27 heavy (non-hydrogen) atoms. The van der Waals surface area contributed by atoms with Crippen LogP contribution in [-0.2, 0) is 9.53 Å². The lowest BCUT2D eigenvalue weighted by Gasteiger charge is -2.16. The van der Waals surface area contributed by atoms with Crippen LogP contribution in [-0.4, -0.2) is 32.2 Å². The third-order valence-electron chi connectivity index (χ3n) is 3.79. The quantitative estimate of drug-likeness (QED) is 0.748. The van der Waals surface area contributed by atoms with Crippen molar-refractivity contribution in [1.29, 1.82) is 0 Å². The van der Waals surface area contributed by atoms with E-state index in [2.05, 4.69) is 5.32 Å². The van der Waals surface area contributed by atoms with Crippen molar-refractivity contribution in [2.24, 2.45) is 0 Å². The molecule has 0 heterocycles. The monoisotopic (exact) mass is 395 g/mol. The lowest BCUT2D eigenvalue weighted by molar-refractivity contribution is -0.123. The van der Waals surface area contributed by atoms with Crippen LogP contribution in [0.5, 0.6) is 11.5 Å². The van der Waals surface area contributed by atoms with Crippen molar-refractivity contribution in [1.82, 2.24) is 0 Å². The number of aryl methyl sites for hydroxylation is 1. The first kappa shape index (κ1) is 20.5. The zero-order chi connectivity index (χ0) is 20.1. The second-order valence-corrected chi connectivity index (χ2v) is 6.09. The fourth-order valence-corrected chi connectivity index (χ4v) is 2.38. The summed E-state index contributed by atoms with van der Waals surface area (Å²) in [5.74, 6) is -1.74. The van der Waals surface area contributed by atoms with Gasteiger partial charge in [-0.15, -0.1) is 0 Å². The van der Waals surface area contributed by atoms with Crippen molar-refractivity contribution in [2.75, 3.05) is 19.5 Å². The van der Waals surface area contributed by atoms with E-state index in [9.17, 15) is 14.0 Å². The predicted octanol–water partition coefficient (Wildman–Crippen LogP) is 3.99. The number of hydrogen-bond acceptors (Lipinski definition) is 5. The van der Waals surface area contributed by atoms with E-state index in [1.807, 2.05) is 0 Å². The number of carbonyl (C=O) groups excluding carboxylic acids is 2. The molecular formula is C19H19ClFNO5. The maximum atomic E-state index is 14.0. The third kappa shape index (κ3) is 4.89. The van der Waals surface area contributed by atoms with Gasteiger partial charge in [0.05, 0.1) is 25.5 Å². The maximum Gasteiger partial charge on any atom is 0.341 e. The van der Waals surface area contributed by atoms with E-state index >= 15 is 0 Å². The Morgan fingerprint density at radius 2 is 1.85 bits per heavy atom. The molecule has 144 valence electrons. The minimum absolute atomic E-state index is 0.264. The molecular weight excluding hydrogens is 377 g/mol. The molecule has 1 atom stereocenters. The number of rotatable bonds is 6. The number of amides is 1. The van der Waals surface area contributed by atoms with Crippen LogP contribution in [0.2, 0.25) is 5.02 Å². The van der Waals surface area contributed by atoms with Crippen molar-refractivity contribution in [2.45, 2.75) is 20.0 Å². The Morgan fingerprint density at radius 1 is 1.15 bits per heavy atom. The van der Waals surface area contributed by atoms with Crippen LogP contribution in [0.3, 0.4) is 0 Å². The number of carbonyl (C=O) groups is 2. The molecule has 0 aliphatic heterocycles. The fraction of sp³-hybridized carbons (Fsp3) is 0.263. The summed E-state index contributed by atoms with van der Waals surface area (Å²) in [4.78, 5) is 24.5. The molecule has 0 aromatic heterocycles. The van der Waals surface area contributed by atoms with Crippen molar-refractivity contribution < 1.29 is 28.2 Å². The van der Waals surface area contributed by atoms with Gasteiger partial charge in [0.25, 0.3) is 5.91 Å². The zero-order valence-corrected chi connectivity index (χ0v) is 16.0. The molecule has 2 aromatic carbocycles. The Bertz CT molecular complexity index is 871. The van der Waals surface area contributed by atoms with E-state index in [1.54, 1.807) is 19.1 Å². The number of methoxy groups -OCH3 is 2. The normalized spacial score (nSPS) is 11.5. The van der Waals surface area contributed by atoms with E-state index in [-0.39, 0.29) is 11.3 Å². The highest BCUT2D eigenvalue weighted by molar-refractivity contribution is 6.31. The highest BCUT2D eigenvalue weighted by Crippen LogP contribution is 2.31. The lowest BCUT2D eigenvalue weighted by atomic mass is 10.2. The van der Waals surface area contributed by atoms with Crippen LogP contribution in [0.1, 0.15) is 22.8 Å². The fourth-order valence-electron chi connectivity index (χ4n) is 2.23. The van der Waals surface area contributed by atoms with Gasteiger partial charge in [0.15, 0.2) is 6.10 Å². The van der Waals surface area contributed by atoms with Gasteiger partial charge in [-0.1, -0.05) is 11.6 Å². The van der Waals surface area contributed by atoms with Gasteiger partial charge in [0, 0.05) is 17.2 Å². The lowest BCUT2D eigenvalue weighted by Crippen LogP contribution is -2.30. The average Bonchev–Trinajstić information content (AvgIpc) is 2.63. The van der Waals surface area contributed by atoms with Gasteiger partial charge in [-0.05, 0) is 37.6 Å². The Hall–Kier alpha value is -2.80. The van der Waals surface area contributed by atoms with Crippen molar-refractivity contribution >= 4 is 29.2 Å². The van der Waals surface area contributed by atoms with E-state index in [1.165, 1.54) is 33.3 Å². The highest BCUT2D eigenvalue weighted by atomic mass is 35.5. The zero-order valence-electron chi connectivity index (χ0n) is 15.3. The summed E-state index contributed by atoms with van der Waals surface area (Å²) < 4.78 is 29.1. The molecule has 0 fully saturated rings. The van der Waals surface area contributed by atoms with E-state index in [0.29, 0.717) is 16.5 Å². The highest BCUT2D eigenvalue weighted by Gasteiger charge is 2.22. The number of nitrogens with one attached hydrogen (secondary N) is 1. The van der Waals surface area contributed by atoms with Gasteiger partial charge < -0.3 is 19.5 Å². The molecule has 2 aromatic rings. The Morgan fingerprint density at radius 3 is 2.44 bits per heavy atom. The smallest absolute Gasteiger partial charge is 0.341 e. The van der Waals surface area contributed by atoms with E-state index < -0.39 is 23.8 Å². The summed E-state index contributed by atoms with van der Waals surface area (Å²) >= 11 is 6.03. The summed E-state index contributed by atoms with van der Waals surface area (Å²) in [6, 6.07) is 6.91. The molecule has 1 amide bonds. The molecule has 8 heteroatoms. The molecule has 0 aliphatic rings. The Kier molecular flexibility index (Phi) is 6.63. The SMILES string of the molecule is COc1ccc(C(=O)OC(C)C(=O)Nc2cc(C)c(Cl)cc2OC)c(F)c1. The first-order chi connectivity index (χ1) is 12.8. The Balaban J connectivity index is 2.10. The standard InChI is InChI=1S/C19H19ClFNO5/c1-10-7-16(17(26-4)9-14(10)20)22-18(23)11(2)27-19(24)13-6-5-12(25-3)8-15(13)21/h5-9,11H,1-4H3,(H,22,23). The average molecular weight is 396 g/mol. The van der Waals surface area contributed by atoms with Crippen LogP contribution in [0.4, 0.5) is 10.1 Å². The second kappa shape index (κ2) is 8.73. The predicted molar refractivity (Wildman–Crippen MR) is 99.2 cm³/mol. The number of benzene rings is 2. The van der Waals surface area contributed by atoms with Gasteiger partial charge in [-0.25, -0.2) is 9.18 Å². The first-order valence-corrected chi connectivity index (χ1v) is 8.34. The summed E-state index contributed by atoms with van der Waals surface area (Å²) in [6.45, 7) is 3.15. The molecule has 0 aliphatic carbocycles. The number of anilines is 1. The van der Waals surface area contributed by atoms with Crippen molar-refractivity contribution in [3.05, 3.63) is 52.3 Å². The van der Waals surface area contributed by atoms with Crippen LogP contribution >= 0.6 is 11.6 Å². The second-order valence-electron chi connectivity index (χ2n) is 5.68. The van der Waals surface area contributed by atoms with Gasteiger partial charge in [-0.2, -0.15) is 0 Å². The molecule has 1 N–H and O–H groups in total. The summed E-state index contributed by atoms with van der Waals surface area (Å²) in [5, 5.41) is 3.09. The number of hydrogen-bond donors (Lipinski definition) is 1. The summed E-state index contributed by atoms with van der Waals surface area (Å²) in [7, 11) is 2.82. The summed E-state index contributed by atoms with van der Waals surface area (Å²) in [6.07, 6.45) is -1.17. The van der Waals surface area contributed by atoms with Crippen LogP contribution in [0, 0.1) is 12.7 Å². The number of ether oxygens (including phenoxy) is 3. The molecule has 0 bridgehead atoms. The number of esters is 1. The van der Waals surface area contributed by atoms with Crippen molar-refractivity contribution in [3.63, 3.8) is 0 Å². The molecule has 0 saturated carbocycles. The van der Waals surface area contributed by atoms with Gasteiger partial charge in [-0.3, -0.25) is 4.79 Å². The molecule has 1 unspecified atom stereocenters. The maximum absolute atomic E-state index is 14.0. The summed E-state index contributed by atoms with van der Waals surface area (Å²) in [5.41, 5.74) is 0.816. The van der Waals surface area contributed by atoms with Gasteiger partial charge in [0.2, 0.25) is 0 Å². The minimum atomic E-state index is -1.17. The molecule has 2 rings (SSSR count). The van der Waals surface area contributed by atoms with Crippen LogP contribution in [0.25, 0.3) is 0 Å². The topological polar surface area (TPSA) is 73.9 Å². The van der Waals surface area contributed by atoms with E-state index in [0.717, 1.165) is 11.6 Å². The van der Waals surface area contributed by atoms with Gasteiger partial charge in [0.1, 0.15) is 17.3 Å². The first-order valence-electron chi connectivity index (χ1n) is 7.96. The van der Waals surface area contributed by atoms with Gasteiger partial charge >= 0.3 is 5.97 Å².